The van der Waals surface area contributed by atoms with Crippen LogP contribution in [0.25, 0.3) is 0 Å². The molecule has 5 nitrogen and oxygen atoms in total. The van der Waals surface area contributed by atoms with Gasteiger partial charge in [0, 0.05) is 12.1 Å². The Hall–Kier alpha value is -2.69. The first-order chi connectivity index (χ1) is 14.0. The third-order valence-electron chi connectivity index (χ3n) is 4.50. The molecular formula is C24H33NO4. The zero-order chi connectivity index (χ0) is 21.1. The maximum absolute atomic E-state index is 12.5. The van der Waals surface area contributed by atoms with Crippen LogP contribution in [0.4, 0.5) is 0 Å². The van der Waals surface area contributed by atoms with Gasteiger partial charge in [0.1, 0.15) is 5.75 Å². The van der Waals surface area contributed by atoms with Crippen molar-refractivity contribution in [3.8, 4) is 17.2 Å². The molecule has 158 valence electrons. The smallest absolute Gasteiger partial charge is 0.251 e. The number of benzene rings is 2. The Morgan fingerprint density at radius 1 is 1.03 bits per heavy atom. The number of rotatable bonds is 12. The highest BCUT2D eigenvalue weighted by molar-refractivity contribution is 5.94. The van der Waals surface area contributed by atoms with Crippen molar-refractivity contribution in [1.82, 2.24) is 5.32 Å². The van der Waals surface area contributed by atoms with E-state index in [1.54, 1.807) is 19.2 Å². The van der Waals surface area contributed by atoms with Gasteiger partial charge in [-0.3, -0.25) is 4.79 Å². The summed E-state index contributed by atoms with van der Waals surface area (Å²) in [6.07, 6.45) is 3.06. The first kappa shape index (κ1) is 22.6. The number of hydrogen-bond donors (Lipinski definition) is 1. The lowest BCUT2D eigenvalue weighted by Gasteiger charge is -2.13. The molecule has 5 heteroatoms. The molecule has 0 spiro atoms. The number of unbranched alkanes of at least 4 members (excludes halogenated alkanes) is 1. The van der Waals surface area contributed by atoms with Gasteiger partial charge in [-0.05, 0) is 54.7 Å². The molecular weight excluding hydrogens is 366 g/mol. The number of hydrogen-bond acceptors (Lipinski definition) is 4. The summed E-state index contributed by atoms with van der Waals surface area (Å²) >= 11 is 0. The lowest BCUT2D eigenvalue weighted by molar-refractivity contribution is 0.0950. The van der Waals surface area contributed by atoms with Crippen LogP contribution in [0.1, 0.15) is 56.0 Å². The summed E-state index contributed by atoms with van der Waals surface area (Å²) in [6, 6.07) is 13.0. The van der Waals surface area contributed by atoms with E-state index in [2.05, 4.69) is 26.1 Å². The topological polar surface area (TPSA) is 56.8 Å². The lowest BCUT2D eigenvalue weighted by Crippen LogP contribution is -2.22. The molecule has 1 amide bonds. The summed E-state index contributed by atoms with van der Waals surface area (Å²) in [7, 11) is 1.62. The van der Waals surface area contributed by atoms with Crippen molar-refractivity contribution in [2.75, 3.05) is 20.3 Å². The molecule has 0 aliphatic carbocycles. The van der Waals surface area contributed by atoms with E-state index in [0.29, 0.717) is 42.7 Å². The Kier molecular flexibility index (Phi) is 9.35. The number of ether oxygens (including phenoxy) is 3. The van der Waals surface area contributed by atoms with Gasteiger partial charge >= 0.3 is 0 Å². The van der Waals surface area contributed by atoms with E-state index in [9.17, 15) is 4.79 Å². The SMILES string of the molecule is CCCCOc1ccc(CNC(=O)c2cccc(OCCC(C)C)c2)cc1OC. The molecule has 2 aromatic rings. The third kappa shape index (κ3) is 7.68. The Morgan fingerprint density at radius 3 is 2.59 bits per heavy atom. The predicted molar refractivity (Wildman–Crippen MR) is 116 cm³/mol. The number of carbonyl (C=O) groups is 1. The van der Waals surface area contributed by atoms with E-state index in [-0.39, 0.29) is 5.91 Å². The highest BCUT2D eigenvalue weighted by Crippen LogP contribution is 2.28. The molecule has 0 unspecified atom stereocenters. The van der Waals surface area contributed by atoms with E-state index < -0.39 is 0 Å². The van der Waals surface area contributed by atoms with Gasteiger partial charge in [-0.25, -0.2) is 0 Å². The molecule has 0 saturated carbocycles. The van der Waals surface area contributed by atoms with Gasteiger partial charge < -0.3 is 19.5 Å². The summed E-state index contributed by atoms with van der Waals surface area (Å²) in [5, 5.41) is 2.95. The van der Waals surface area contributed by atoms with Crippen molar-refractivity contribution in [2.24, 2.45) is 5.92 Å². The third-order valence-corrected chi connectivity index (χ3v) is 4.50. The van der Waals surface area contributed by atoms with Gasteiger partial charge in [-0.1, -0.05) is 39.3 Å². The average molecular weight is 400 g/mol. The normalized spacial score (nSPS) is 10.7. The molecule has 2 rings (SSSR count). The number of nitrogens with one attached hydrogen (secondary N) is 1. The molecule has 0 heterocycles. The molecule has 0 saturated heterocycles. The Balaban J connectivity index is 1.93. The molecule has 0 atom stereocenters. The fourth-order valence-corrected chi connectivity index (χ4v) is 2.69. The highest BCUT2D eigenvalue weighted by Gasteiger charge is 2.09. The maximum atomic E-state index is 12.5. The number of amides is 1. The first-order valence-corrected chi connectivity index (χ1v) is 10.3. The van der Waals surface area contributed by atoms with Crippen molar-refractivity contribution in [3.63, 3.8) is 0 Å². The quantitative estimate of drug-likeness (QED) is 0.497. The molecule has 0 aliphatic rings. The zero-order valence-corrected chi connectivity index (χ0v) is 18.0. The van der Waals surface area contributed by atoms with E-state index in [4.69, 9.17) is 14.2 Å². The standard InChI is InChI=1S/C24H33NO4/c1-5-6-13-29-22-11-10-19(15-23(22)27-4)17-25-24(26)20-8-7-9-21(16-20)28-14-12-18(2)3/h7-11,15-16,18H,5-6,12-14,17H2,1-4H3,(H,25,26). The molecule has 0 fully saturated rings. The highest BCUT2D eigenvalue weighted by atomic mass is 16.5. The van der Waals surface area contributed by atoms with Gasteiger partial charge in [0.15, 0.2) is 11.5 Å². The van der Waals surface area contributed by atoms with E-state index in [1.807, 2.05) is 30.3 Å². The second-order valence-electron chi connectivity index (χ2n) is 7.43. The van der Waals surface area contributed by atoms with Crippen molar-refractivity contribution in [1.29, 1.82) is 0 Å². The van der Waals surface area contributed by atoms with Crippen LogP contribution >= 0.6 is 0 Å². The van der Waals surface area contributed by atoms with Gasteiger partial charge in [0.05, 0.1) is 20.3 Å². The molecule has 0 radical (unpaired) electrons. The second-order valence-corrected chi connectivity index (χ2v) is 7.43. The van der Waals surface area contributed by atoms with E-state index >= 15 is 0 Å². The van der Waals surface area contributed by atoms with Crippen LogP contribution < -0.4 is 19.5 Å². The van der Waals surface area contributed by atoms with Crippen LogP contribution in [0.2, 0.25) is 0 Å². The monoisotopic (exact) mass is 399 g/mol. The summed E-state index contributed by atoms with van der Waals surface area (Å²) in [6.45, 7) is 8.16. The molecule has 0 bridgehead atoms. The minimum absolute atomic E-state index is 0.137. The fourth-order valence-electron chi connectivity index (χ4n) is 2.69. The molecule has 1 N–H and O–H groups in total. The predicted octanol–water partition coefficient (Wildman–Crippen LogP) is 5.23. The fraction of sp³-hybridized carbons (Fsp3) is 0.458. The minimum atomic E-state index is -0.137. The van der Waals surface area contributed by atoms with E-state index in [1.165, 1.54) is 0 Å². The molecule has 29 heavy (non-hydrogen) atoms. The summed E-state index contributed by atoms with van der Waals surface area (Å²) in [4.78, 5) is 12.5. The van der Waals surface area contributed by atoms with Gasteiger partial charge in [-0.15, -0.1) is 0 Å². The van der Waals surface area contributed by atoms with Crippen LogP contribution in [-0.2, 0) is 6.54 Å². The summed E-state index contributed by atoms with van der Waals surface area (Å²) in [5.41, 5.74) is 1.53. The van der Waals surface area contributed by atoms with Gasteiger partial charge in [-0.2, -0.15) is 0 Å². The largest absolute Gasteiger partial charge is 0.494 e. The van der Waals surface area contributed by atoms with Crippen LogP contribution in [-0.4, -0.2) is 26.2 Å². The Labute approximate surface area is 174 Å². The maximum Gasteiger partial charge on any atom is 0.251 e. The second kappa shape index (κ2) is 12.0. The van der Waals surface area contributed by atoms with Crippen LogP contribution in [0.15, 0.2) is 42.5 Å². The van der Waals surface area contributed by atoms with Gasteiger partial charge in [0.25, 0.3) is 5.91 Å². The lowest BCUT2D eigenvalue weighted by atomic mass is 10.1. The Morgan fingerprint density at radius 2 is 1.86 bits per heavy atom. The van der Waals surface area contributed by atoms with Gasteiger partial charge in [0.2, 0.25) is 0 Å². The average Bonchev–Trinajstić information content (AvgIpc) is 2.72. The van der Waals surface area contributed by atoms with Crippen molar-refractivity contribution >= 4 is 5.91 Å². The first-order valence-electron chi connectivity index (χ1n) is 10.3. The van der Waals surface area contributed by atoms with Crippen molar-refractivity contribution < 1.29 is 19.0 Å². The summed E-state index contributed by atoms with van der Waals surface area (Å²) < 4.78 is 16.9. The molecule has 2 aromatic carbocycles. The van der Waals surface area contributed by atoms with Crippen molar-refractivity contribution in [3.05, 3.63) is 53.6 Å². The minimum Gasteiger partial charge on any atom is -0.494 e. The van der Waals surface area contributed by atoms with Crippen molar-refractivity contribution in [2.45, 2.75) is 46.6 Å². The molecule has 0 aromatic heterocycles. The van der Waals surface area contributed by atoms with Crippen LogP contribution in [0.5, 0.6) is 17.2 Å². The van der Waals surface area contributed by atoms with E-state index in [0.717, 1.165) is 30.6 Å². The van der Waals surface area contributed by atoms with Crippen LogP contribution in [0, 0.1) is 5.92 Å². The summed E-state index contributed by atoms with van der Waals surface area (Å²) in [5.74, 6) is 2.56. The zero-order valence-electron chi connectivity index (χ0n) is 18.0. The number of methoxy groups -OCH3 is 1. The van der Waals surface area contributed by atoms with Crippen LogP contribution in [0.3, 0.4) is 0 Å². The Bertz CT molecular complexity index is 773. The number of carbonyl (C=O) groups excluding carboxylic acids is 1. The molecule has 0 aliphatic heterocycles.